The average Bonchev–Trinajstić information content (AvgIpc) is 3.33. The van der Waals surface area contributed by atoms with Gasteiger partial charge in [0.2, 0.25) is 5.88 Å². The summed E-state index contributed by atoms with van der Waals surface area (Å²) in [6.45, 7) is 4.78. The number of thiophene rings is 1. The molecule has 9 heteroatoms. The molecule has 0 radical (unpaired) electrons. The van der Waals surface area contributed by atoms with Crippen LogP contribution >= 0.6 is 22.9 Å². The Hall–Kier alpha value is -4.19. The molecule has 1 aromatic heterocycles. The van der Waals surface area contributed by atoms with Crippen LogP contribution < -0.4 is 24.7 Å². The van der Waals surface area contributed by atoms with Gasteiger partial charge in [-0.25, -0.2) is 4.79 Å². The molecule has 7 nitrogen and oxygen atoms in total. The molecule has 1 atom stereocenters. The number of nitriles is 1. The topological polar surface area (TPSA) is 104 Å². The summed E-state index contributed by atoms with van der Waals surface area (Å²) >= 11 is 7.81. The van der Waals surface area contributed by atoms with Crippen LogP contribution in [0.15, 0.2) is 66.1 Å². The van der Waals surface area contributed by atoms with Crippen LogP contribution in [-0.4, -0.2) is 19.7 Å². The molecule has 3 aromatic carbocycles. The normalized spacial score (nSPS) is 14.2. The van der Waals surface area contributed by atoms with Gasteiger partial charge in [0.15, 0.2) is 11.5 Å². The highest BCUT2D eigenvalue weighted by Gasteiger charge is 2.32. The van der Waals surface area contributed by atoms with E-state index >= 15 is 0 Å². The van der Waals surface area contributed by atoms with E-state index in [1.807, 2.05) is 43.3 Å². The van der Waals surface area contributed by atoms with Gasteiger partial charge >= 0.3 is 5.97 Å². The van der Waals surface area contributed by atoms with Crippen molar-refractivity contribution in [2.75, 3.05) is 13.7 Å². The Labute approximate surface area is 260 Å². The van der Waals surface area contributed by atoms with Crippen molar-refractivity contribution in [1.29, 1.82) is 5.26 Å². The van der Waals surface area contributed by atoms with Gasteiger partial charge in [-0.05, 0) is 48.7 Å². The number of esters is 1. The van der Waals surface area contributed by atoms with Gasteiger partial charge in [-0.15, -0.1) is 11.3 Å². The Morgan fingerprint density at radius 3 is 2.65 bits per heavy atom. The average molecular weight is 617 g/mol. The number of unbranched alkanes of at least 4 members (excludes halogenated alkanes) is 4. The minimum Gasteiger partial charge on any atom is -0.493 e. The highest BCUT2D eigenvalue weighted by Crippen LogP contribution is 2.45. The lowest BCUT2D eigenvalue weighted by molar-refractivity contribution is 0.0740. The number of carbonyl (C=O) groups is 1. The largest absolute Gasteiger partial charge is 0.493 e. The molecule has 1 unspecified atom stereocenters. The number of hydrogen-bond acceptors (Lipinski definition) is 8. The van der Waals surface area contributed by atoms with Gasteiger partial charge in [0, 0.05) is 21.7 Å². The standard InChI is InChI=1S/C34H33ClN2O5S/c1-4-5-6-7-8-15-40-26-14-10-21(17-28(26)39-3)30-23-13-11-22(18-27(23)42-33(37)25(30)19-36)41-34(38)32-31(35)24-12-9-20(2)16-29(24)43-32/h9-14,16-18,30H,4-8,15,37H2,1-3H3. The first-order chi connectivity index (χ1) is 20.8. The van der Waals surface area contributed by atoms with Crippen molar-refractivity contribution >= 4 is 39.0 Å². The van der Waals surface area contributed by atoms with Gasteiger partial charge in [-0.3, -0.25) is 0 Å². The number of benzene rings is 3. The van der Waals surface area contributed by atoms with Crippen molar-refractivity contribution in [2.45, 2.75) is 51.9 Å². The van der Waals surface area contributed by atoms with E-state index in [9.17, 15) is 10.1 Å². The summed E-state index contributed by atoms with van der Waals surface area (Å²) in [4.78, 5) is 13.4. The SMILES string of the molecule is CCCCCCCOc1ccc(C2C(C#N)=C(N)Oc3cc(OC(=O)c4sc5cc(C)ccc5c4Cl)ccc32)cc1OC. The molecule has 1 aliphatic heterocycles. The lowest BCUT2D eigenvalue weighted by atomic mass is 9.83. The molecule has 0 aliphatic carbocycles. The zero-order chi connectivity index (χ0) is 30.5. The molecule has 0 spiro atoms. The number of nitrogens with zero attached hydrogens (tertiary/aromatic N) is 1. The smallest absolute Gasteiger partial charge is 0.355 e. The molecule has 2 heterocycles. The number of allylic oxidation sites excluding steroid dienone is 1. The van der Waals surface area contributed by atoms with Crippen molar-refractivity contribution < 1.29 is 23.7 Å². The molecule has 43 heavy (non-hydrogen) atoms. The number of methoxy groups -OCH3 is 1. The van der Waals surface area contributed by atoms with E-state index in [2.05, 4.69) is 13.0 Å². The van der Waals surface area contributed by atoms with E-state index in [1.54, 1.807) is 25.3 Å². The Kier molecular flexibility index (Phi) is 9.44. The molecule has 0 bridgehead atoms. The summed E-state index contributed by atoms with van der Waals surface area (Å²) in [5.74, 6) is 0.756. The van der Waals surface area contributed by atoms with Gasteiger partial charge in [0.25, 0.3) is 0 Å². The van der Waals surface area contributed by atoms with Crippen LogP contribution in [0.3, 0.4) is 0 Å². The fourth-order valence-electron chi connectivity index (χ4n) is 5.17. The van der Waals surface area contributed by atoms with E-state index in [4.69, 9.17) is 36.3 Å². The van der Waals surface area contributed by atoms with Crippen LogP contribution in [0.25, 0.3) is 10.1 Å². The van der Waals surface area contributed by atoms with Crippen molar-refractivity contribution in [3.63, 3.8) is 0 Å². The van der Waals surface area contributed by atoms with Crippen molar-refractivity contribution in [3.05, 3.63) is 92.6 Å². The molecule has 0 saturated carbocycles. The third-order valence-corrected chi connectivity index (χ3v) is 9.04. The first-order valence-corrected chi connectivity index (χ1v) is 15.5. The van der Waals surface area contributed by atoms with Gasteiger partial charge in [0.1, 0.15) is 28.0 Å². The summed E-state index contributed by atoms with van der Waals surface area (Å²) in [5, 5.41) is 11.2. The number of fused-ring (bicyclic) bond motifs is 2. The van der Waals surface area contributed by atoms with Gasteiger partial charge in [-0.1, -0.05) is 68.5 Å². The fraction of sp³-hybridized carbons (Fsp3) is 0.294. The van der Waals surface area contributed by atoms with Crippen molar-refractivity contribution in [1.82, 2.24) is 0 Å². The maximum Gasteiger partial charge on any atom is 0.355 e. The second kappa shape index (κ2) is 13.4. The number of carbonyl (C=O) groups excluding carboxylic acids is 1. The van der Waals surface area contributed by atoms with Crippen LogP contribution in [0.2, 0.25) is 5.02 Å². The molecule has 0 amide bonds. The van der Waals surface area contributed by atoms with Gasteiger partial charge < -0.3 is 24.7 Å². The van der Waals surface area contributed by atoms with Crippen LogP contribution in [0.1, 0.15) is 71.3 Å². The lowest BCUT2D eigenvalue weighted by Gasteiger charge is -2.27. The van der Waals surface area contributed by atoms with Crippen molar-refractivity contribution in [2.24, 2.45) is 5.73 Å². The number of nitrogens with two attached hydrogens (primary N) is 1. The second-order valence-corrected chi connectivity index (χ2v) is 11.9. The minimum atomic E-state index is -0.567. The molecule has 5 rings (SSSR count). The van der Waals surface area contributed by atoms with E-state index in [0.717, 1.165) is 34.1 Å². The fourth-order valence-corrected chi connectivity index (χ4v) is 6.65. The van der Waals surface area contributed by atoms with Gasteiger partial charge in [0.05, 0.1) is 24.7 Å². The molecular weight excluding hydrogens is 584 g/mol. The van der Waals surface area contributed by atoms with Crippen LogP contribution in [-0.2, 0) is 0 Å². The summed E-state index contributed by atoms with van der Waals surface area (Å²) in [6, 6.07) is 18.7. The number of aryl methyl sites for hydroxylation is 1. The molecule has 4 aromatic rings. The second-order valence-electron chi connectivity index (χ2n) is 10.4. The van der Waals surface area contributed by atoms with Crippen LogP contribution in [0.4, 0.5) is 0 Å². The van der Waals surface area contributed by atoms with E-state index in [-0.39, 0.29) is 17.2 Å². The predicted octanol–water partition coefficient (Wildman–Crippen LogP) is 8.66. The number of hydrogen-bond donors (Lipinski definition) is 1. The van der Waals surface area contributed by atoms with Gasteiger partial charge in [-0.2, -0.15) is 5.26 Å². The Morgan fingerprint density at radius 1 is 1.07 bits per heavy atom. The van der Waals surface area contributed by atoms with Crippen LogP contribution in [0, 0.1) is 18.3 Å². The highest BCUT2D eigenvalue weighted by atomic mass is 35.5. The highest BCUT2D eigenvalue weighted by molar-refractivity contribution is 7.21. The summed E-state index contributed by atoms with van der Waals surface area (Å²) in [6.07, 6.45) is 5.72. The monoisotopic (exact) mass is 616 g/mol. The molecule has 2 N–H and O–H groups in total. The summed E-state index contributed by atoms with van der Waals surface area (Å²) in [5.41, 5.74) is 9.06. The van der Waals surface area contributed by atoms with E-state index < -0.39 is 11.9 Å². The third kappa shape index (κ3) is 6.43. The molecule has 0 fully saturated rings. The minimum absolute atomic E-state index is 0.0160. The Bertz CT molecular complexity index is 1740. The maximum atomic E-state index is 13.1. The Morgan fingerprint density at radius 2 is 1.88 bits per heavy atom. The Balaban J connectivity index is 1.39. The van der Waals surface area contributed by atoms with E-state index in [0.29, 0.717) is 39.3 Å². The lowest BCUT2D eigenvalue weighted by Crippen LogP contribution is -2.21. The van der Waals surface area contributed by atoms with E-state index in [1.165, 1.54) is 30.6 Å². The number of halogens is 1. The third-order valence-electron chi connectivity index (χ3n) is 7.40. The maximum absolute atomic E-state index is 13.1. The van der Waals surface area contributed by atoms with Crippen molar-refractivity contribution in [3.8, 4) is 29.1 Å². The molecule has 222 valence electrons. The predicted molar refractivity (Wildman–Crippen MR) is 170 cm³/mol. The summed E-state index contributed by atoms with van der Waals surface area (Å²) < 4.78 is 24.1. The molecular formula is C34H33ClN2O5S. The first kappa shape index (κ1) is 30.3. The molecule has 0 saturated heterocycles. The zero-order valence-corrected chi connectivity index (χ0v) is 25.9. The molecule has 1 aliphatic rings. The zero-order valence-electron chi connectivity index (χ0n) is 24.4. The first-order valence-electron chi connectivity index (χ1n) is 14.3. The van der Waals surface area contributed by atoms with Crippen LogP contribution in [0.5, 0.6) is 23.0 Å². The number of rotatable bonds is 11. The quantitative estimate of drug-likeness (QED) is 0.102. The number of ether oxygens (including phenoxy) is 4. The summed E-state index contributed by atoms with van der Waals surface area (Å²) in [7, 11) is 1.59.